The third-order valence-corrected chi connectivity index (χ3v) is 7.78. The van der Waals surface area contributed by atoms with E-state index < -0.39 is 51.2 Å². The quantitative estimate of drug-likeness (QED) is 0.463. The molecule has 0 saturated carbocycles. The first kappa shape index (κ1) is 22.2. The number of nitrogens with one attached hydrogen (secondary N) is 1. The minimum atomic E-state index is -3.88. The monoisotopic (exact) mass is 439 g/mol. The number of fused-ring (bicyclic) bond motifs is 1. The molecular weight excluding hydrogens is 414 g/mol. The van der Waals surface area contributed by atoms with E-state index >= 15 is 0 Å². The Morgan fingerprint density at radius 1 is 1.20 bits per heavy atom. The maximum absolute atomic E-state index is 13.0. The first-order valence-corrected chi connectivity index (χ1v) is 10.7. The van der Waals surface area contributed by atoms with Gasteiger partial charge in [-0.05, 0) is 31.2 Å². The lowest BCUT2D eigenvalue weighted by molar-refractivity contribution is -0.152. The predicted octanol–water partition coefficient (Wildman–Crippen LogP) is -0.550. The van der Waals surface area contributed by atoms with Crippen LogP contribution in [0.4, 0.5) is 0 Å². The second kappa shape index (κ2) is 7.64. The molecule has 0 spiro atoms. The molecule has 1 N–H and O–H groups in total. The van der Waals surface area contributed by atoms with Gasteiger partial charge in [-0.1, -0.05) is 0 Å². The summed E-state index contributed by atoms with van der Waals surface area (Å²) in [5.41, 5.74) is -1.44. The van der Waals surface area contributed by atoms with Crippen LogP contribution in [0.25, 0.3) is 0 Å². The van der Waals surface area contributed by atoms with Crippen LogP contribution in [0.15, 0.2) is 29.2 Å². The van der Waals surface area contributed by atoms with Gasteiger partial charge in [-0.2, -0.15) is 4.31 Å². The molecule has 0 aliphatic carbocycles. The van der Waals surface area contributed by atoms with E-state index in [1.807, 2.05) is 0 Å². The molecule has 2 amide bonds. The number of likely N-dealkylation sites (N-methyl/N-ethyl adjacent to an activating group) is 1. The van der Waals surface area contributed by atoms with Crippen molar-refractivity contribution >= 4 is 27.8 Å². The molecule has 2 aliphatic rings. The number of sulfonamides is 1. The van der Waals surface area contributed by atoms with E-state index in [2.05, 4.69) is 5.32 Å². The smallest absolute Gasteiger partial charge is 0.326 e. The summed E-state index contributed by atoms with van der Waals surface area (Å²) in [6, 6.07) is 5.16. The number of hydrogen-bond acceptors (Lipinski definition) is 8. The highest BCUT2D eigenvalue weighted by atomic mass is 32.2. The Kier molecular flexibility index (Phi) is 5.65. The fourth-order valence-electron chi connectivity index (χ4n) is 4.27. The van der Waals surface area contributed by atoms with E-state index in [4.69, 9.17) is 9.47 Å². The average Bonchev–Trinajstić information content (AvgIpc) is 3.15. The highest BCUT2D eigenvalue weighted by Gasteiger charge is 2.66. The Bertz CT molecular complexity index is 978. The summed E-state index contributed by atoms with van der Waals surface area (Å²) in [5.74, 6) is -2.95. The van der Waals surface area contributed by atoms with Crippen molar-refractivity contribution in [2.24, 2.45) is 11.8 Å². The second-order valence-electron chi connectivity index (χ2n) is 7.64. The van der Waals surface area contributed by atoms with E-state index in [1.165, 1.54) is 59.5 Å². The van der Waals surface area contributed by atoms with Gasteiger partial charge >= 0.3 is 5.97 Å². The molecule has 2 saturated heterocycles. The maximum Gasteiger partial charge on any atom is 0.326 e. The molecule has 0 aromatic heterocycles. The highest BCUT2D eigenvalue weighted by Crippen LogP contribution is 2.43. The van der Waals surface area contributed by atoms with Crippen LogP contribution in [0.5, 0.6) is 5.75 Å². The van der Waals surface area contributed by atoms with Crippen molar-refractivity contribution in [3.05, 3.63) is 24.3 Å². The minimum absolute atomic E-state index is 0.0574. The van der Waals surface area contributed by atoms with E-state index in [-0.39, 0.29) is 11.4 Å². The predicted molar refractivity (Wildman–Crippen MR) is 105 cm³/mol. The van der Waals surface area contributed by atoms with Crippen molar-refractivity contribution in [1.82, 2.24) is 14.5 Å². The van der Waals surface area contributed by atoms with Crippen molar-refractivity contribution in [1.29, 1.82) is 0 Å². The zero-order valence-electron chi connectivity index (χ0n) is 17.4. The van der Waals surface area contributed by atoms with Gasteiger partial charge < -0.3 is 9.47 Å². The molecule has 11 heteroatoms. The molecule has 1 aromatic carbocycles. The van der Waals surface area contributed by atoms with Gasteiger partial charge in [0.05, 0.1) is 31.0 Å². The Labute approximate surface area is 175 Å². The first-order valence-electron chi connectivity index (χ1n) is 9.27. The summed E-state index contributed by atoms with van der Waals surface area (Å²) in [4.78, 5) is 38.8. The van der Waals surface area contributed by atoms with Crippen LogP contribution < -0.4 is 10.1 Å². The normalized spacial score (nSPS) is 28.7. The molecule has 3 rings (SSSR count). The number of carbonyl (C=O) groups excluding carboxylic acids is 3. The Balaban J connectivity index is 1.90. The van der Waals surface area contributed by atoms with Crippen molar-refractivity contribution in [3.8, 4) is 5.75 Å². The molecule has 10 nitrogen and oxygen atoms in total. The third-order valence-electron chi connectivity index (χ3n) is 5.94. The molecule has 2 heterocycles. The van der Waals surface area contributed by atoms with E-state index in [9.17, 15) is 22.8 Å². The second-order valence-corrected chi connectivity index (χ2v) is 9.69. The lowest BCUT2D eigenvalue weighted by Crippen LogP contribution is -2.56. The number of benzene rings is 1. The molecule has 1 aromatic rings. The van der Waals surface area contributed by atoms with Crippen LogP contribution in [-0.4, -0.2) is 81.8 Å². The van der Waals surface area contributed by atoms with Gasteiger partial charge in [0.1, 0.15) is 11.3 Å². The average molecular weight is 439 g/mol. The zero-order valence-corrected chi connectivity index (χ0v) is 18.2. The lowest BCUT2D eigenvalue weighted by atomic mass is 9.81. The summed E-state index contributed by atoms with van der Waals surface area (Å²) < 4.78 is 37.0. The van der Waals surface area contributed by atoms with Crippen molar-refractivity contribution in [2.75, 3.05) is 34.9 Å². The minimum Gasteiger partial charge on any atom is -0.497 e. The van der Waals surface area contributed by atoms with Crippen molar-refractivity contribution in [3.63, 3.8) is 0 Å². The summed E-state index contributed by atoms with van der Waals surface area (Å²) in [6.07, 6.45) is 0. The molecule has 2 fully saturated rings. The zero-order chi connectivity index (χ0) is 22.4. The summed E-state index contributed by atoms with van der Waals surface area (Å²) in [7, 11) is 1.54. The van der Waals surface area contributed by atoms with Gasteiger partial charge in [0.25, 0.3) is 0 Å². The highest BCUT2D eigenvalue weighted by molar-refractivity contribution is 7.89. The number of carbonyl (C=O) groups is 3. The number of imide groups is 1. The number of likely N-dealkylation sites (tertiary alicyclic amines) is 1. The summed E-state index contributed by atoms with van der Waals surface area (Å²) in [5, 5.41) is 3.01. The molecule has 2 aliphatic heterocycles. The van der Waals surface area contributed by atoms with Crippen LogP contribution in [-0.2, 0) is 29.1 Å². The molecule has 164 valence electrons. The van der Waals surface area contributed by atoms with Gasteiger partial charge in [0.2, 0.25) is 21.8 Å². The van der Waals surface area contributed by atoms with E-state index in [0.717, 1.165) is 9.21 Å². The standard InChI is InChI=1S/C19H25N3O7S/c1-19(18(25)29-5)15-14(16(23)22(3)17(15)24)13(20-19)10-21(2)30(26,27)12-8-6-11(28-4)7-9-12/h6-9,13-15,20H,10H2,1-5H3/t13-,14+,15-,19-/m1/s1. The van der Waals surface area contributed by atoms with E-state index in [0.29, 0.717) is 5.75 Å². The van der Waals surface area contributed by atoms with Crippen LogP contribution >= 0.6 is 0 Å². The molecular formula is C19H25N3O7S. The molecule has 0 unspecified atom stereocenters. The molecule has 4 atom stereocenters. The topological polar surface area (TPSA) is 122 Å². The Morgan fingerprint density at radius 3 is 2.33 bits per heavy atom. The summed E-state index contributed by atoms with van der Waals surface area (Å²) >= 11 is 0. The molecule has 0 radical (unpaired) electrons. The number of ether oxygens (including phenoxy) is 2. The summed E-state index contributed by atoms with van der Waals surface area (Å²) in [6.45, 7) is 1.38. The van der Waals surface area contributed by atoms with Gasteiger partial charge in [-0.25, -0.2) is 8.42 Å². The molecule has 30 heavy (non-hydrogen) atoms. The van der Waals surface area contributed by atoms with Crippen LogP contribution in [0, 0.1) is 11.8 Å². The van der Waals surface area contributed by atoms with Crippen LogP contribution in [0.3, 0.4) is 0 Å². The number of methoxy groups -OCH3 is 2. The Hall–Kier alpha value is -2.50. The van der Waals surface area contributed by atoms with Crippen molar-refractivity contribution in [2.45, 2.75) is 23.4 Å². The Morgan fingerprint density at radius 2 is 1.80 bits per heavy atom. The van der Waals surface area contributed by atoms with Gasteiger partial charge in [0.15, 0.2) is 0 Å². The lowest BCUT2D eigenvalue weighted by Gasteiger charge is -2.29. The van der Waals surface area contributed by atoms with Crippen molar-refractivity contribution < 1.29 is 32.3 Å². The number of nitrogens with zero attached hydrogens (tertiary/aromatic N) is 2. The van der Waals surface area contributed by atoms with Gasteiger partial charge in [0, 0.05) is 26.7 Å². The van der Waals surface area contributed by atoms with Crippen LogP contribution in [0.2, 0.25) is 0 Å². The maximum atomic E-state index is 13.0. The fourth-order valence-corrected chi connectivity index (χ4v) is 5.47. The first-order chi connectivity index (χ1) is 14.0. The SMILES string of the molecule is COC(=O)[C@]1(C)N[C@H](CN(C)S(=O)(=O)c2ccc(OC)cc2)[C@@H]2C(=O)N(C)C(=O)[C@@H]21. The number of amides is 2. The number of esters is 1. The fraction of sp³-hybridized carbons (Fsp3) is 0.526. The third kappa shape index (κ3) is 3.26. The molecule has 0 bridgehead atoms. The van der Waals surface area contributed by atoms with Gasteiger partial charge in [-0.15, -0.1) is 0 Å². The van der Waals surface area contributed by atoms with Crippen LogP contribution in [0.1, 0.15) is 6.92 Å². The van der Waals surface area contributed by atoms with E-state index in [1.54, 1.807) is 0 Å². The van der Waals surface area contributed by atoms with Gasteiger partial charge in [-0.3, -0.25) is 24.6 Å². The number of rotatable bonds is 6. The largest absolute Gasteiger partial charge is 0.497 e. The number of hydrogen-bond donors (Lipinski definition) is 1.